The lowest BCUT2D eigenvalue weighted by atomic mass is 10.2. The second-order valence-electron chi connectivity index (χ2n) is 3.64. The summed E-state index contributed by atoms with van der Waals surface area (Å²) < 4.78 is 4.82. The molecule has 0 spiro atoms. The molecule has 0 aliphatic rings. The van der Waals surface area contributed by atoms with Crippen molar-refractivity contribution in [3.63, 3.8) is 0 Å². The smallest absolute Gasteiger partial charge is 0.262 e. The number of aliphatic hydroxyl groups is 1. The van der Waals surface area contributed by atoms with E-state index in [1.54, 1.807) is 19.1 Å². The Morgan fingerprint density at radius 1 is 1.58 bits per heavy atom. The van der Waals surface area contributed by atoms with Crippen LogP contribution in [0.1, 0.15) is 21.7 Å². The van der Waals surface area contributed by atoms with Gasteiger partial charge in [-0.15, -0.1) is 0 Å². The van der Waals surface area contributed by atoms with Gasteiger partial charge in [0.05, 0.1) is 6.20 Å². The topological polar surface area (TPSA) is 88.2 Å². The summed E-state index contributed by atoms with van der Waals surface area (Å²) in [4.78, 5) is 15.9. The zero-order valence-electron chi connectivity index (χ0n) is 10.2. The summed E-state index contributed by atoms with van der Waals surface area (Å²) in [7, 11) is 0. The van der Waals surface area contributed by atoms with Crippen molar-refractivity contribution in [3.8, 4) is 11.8 Å². The zero-order valence-corrected chi connectivity index (χ0v) is 10.2. The minimum absolute atomic E-state index is 0.218. The van der Waals surface area contributed by atoms with Gasteiger partial charge in [-0.3, -0.25) is 4.79 Å². The number of carbonyl (C=O) groups is 1. The van der Waals surface area contributed by atoms with Crippen LogP contribution in [-0.2, 0) is 0 Å². The molecule has 2 rings (SSSR count). The van der Waals surface area contributed by atoms with Gasteiger partial charge in [-0.1, -0.05) is 17.0 Å². The van der Waals surface area contributed by atoms with Crippen LogP contribution in [0, 0.1) is 18.8 Å². The van der Waals surface area contributed by atoms with Crippen LogP contribution in [0.25, 0.3) is 0 Å². The summed E-state index contributed by atoms with van der Waals surface area (Å²) in [5.41, 5.74) is 1.01. The lowest BCUT2D eigenvalue weighted by molar-refractivity contribution is 0.102. The first-order chi connectivity index (χ1) is 9.20. The van der Waals surface area contributed by atoms with Crippen LogP contribution in [-0.4, -0.2) is 27.8 Å². The molecule has 0 saturated heterocycles. The van der Waals surface area contributed by atoms with Crippen molar-refractivity contribution >= 4 is 11.7 Å². The van der Waals surface area contributed by atoms with Gasteiger partial charge in [-0.05, 0) is 19.1 Å². The number of nitrogens with zero attached hydrogens (tertiary/aromatic N) is 2. The lowest BCUT2D eigenvalue weighted by Gasteiger charge is -2.02. The fourth-order valence-corrected chi connectivity index (χ4v) is 1.42. The molecule has 2 N–H and O–H groups in total. The highest BCUT2D eigenvalue weighted by Crippen LogP contribution is 2.11. The van der Waals surface area contributed by atoms with E-state index in [0.29, 0.717) is 22.7 Å². The Morgan fingerprint density at radius 2 is 2.42 bits per heavy atom. The summed E-state index contributed by atoms with van der Waals surface area (Å²) in [6.45, 7) is 1.43. The Bertz CT molecular complexity index is 652. The van der Waals surface area contributed by atoms with E-state index in [9.17, 15) is 4.79 Å². The summed E-state index contributed by atoms with van der Waals surface area (Å²) in [5.74, 6) is 5.71. The maximum atomic E-state index is 11.9. The van der Waals surface area contributed by atoms with Gasteiger partial charge >= 0.3 is 0 Å². The molecular formula is C13H11N3O3. The predicted octanol–water partition coefficient (Wildman–Crippen LogP) is 0.974. The molecule has 0 aliphatic carbocycles. The number of aliphatic hydroxyl groups excluding tert-OH is 1. The Kier molecular flexibility index (Phi) is 3.90. The van der Waals surface area contributed by atoms with Crippen LogP contribution in [0.2, 0.25) is 0 Å². The molecule has 2 heterocycles. The highest BCUT2D eigenvalue weighted by molar-refractivity contribution is 6.04. The van der Waals surface area contributed by atoms with Gasteiger partial charge in [0, 0.05) is 11.8 Å². The highest BCUT2D eigenvalue weighted by atomic mass is 16.5. The van der Waals surface area contributed by atoms with E-state index >= 15 is 0 Å². The second kappa shape index (κ2) is 5.80. The first-order valence-corrected chi connectivity index (χ1v) is 5.49. The standard InChI is InChI=1S/C13H11N3O3/c1-9-11(8-15-19-9)13(18)16-12-7-10(3-2-6-17)4-5-14-12/h4-5,7-8,17H,6H2,1H3,(H,14,16,18). The van der Waals surface area contributed by atoms with Gasteiger partial charge in [0.2, 0.25) is 0 Å². The zero-order chi connectivity index (χ0) is 13.7. The Balaban J connectivity index is 2.15. The van der Waals surface area contributed by atoms with E-state index in [0.717, 1.165) is 0 Å². The average molecular weight is 257 g/mol. The van der Waals surface area contributed by atoms with Gasteiger partial charge in [-0.2, -0.15) is 0 Å². The number of amides is 1. The van der Waals surface area contributed by atoms with Crippen LogP contribution < -0.4 is 5.32 Å². The molecular weight excluding hydrogens is 246 g/mol. The van der Waals surface area contributed by atoms with Crippen molar-refractivity contribution in [2.24, 2.45) is 0 Å². The first-order valence-electron chi connectivity index (χ1n) is 5.49. The summed E-state index contributed by atoms with van der Waals surface area (Å²) in [6, 6.07) is 3.30. The van der Waals surface area contributed by atoms with Gasteiger partial charge in [-0.25, -0.2) is 4.98 Å². The molecule has 0 unspecified atom stereocenters. The Hall–Kier alpha value is -2.65. The predicted molar refractivity (Wildman–Crippen MR) is 67.4 cm³/mol. The number of hydrogen-bond donors (Lipinski definition) is 2. The number of pyridine rings is 1. The van der Waals surface area contributed by atoms with Gasteiger partial charge < -0.3 is 14.9 Å². The number of rotatable bonds is 2. The summed E-state index contributed by atoms with van der Waals surface area (Å²) in [5, 5.41) is 14.8. The number of nitrogens with one attached hydrogen (secondary N) is 1. The van der Waals surface area contributed by atoms with Gasteiger partial charge in [0.1, 0.15) is 23.7 Å². The molecule has 6 heteroatoms. The number of aryl methyl sites for hydroxylation is 1. The third kappa shape index (κ3) is 3.18. The van der Waals surface area contributed by atoms with Crippen LogP contribution in [0.15, 0.2) is 29.0 Å². The average Bonchev–Trinajstić information content (AvgIpc) is 2.83. The number of carbonyl (C=O) groups excluding carboxylic acids is 1. The van der Waals surface area contributed by atoms with Crippen molar-refractivity contribution < 1.29 is 14.4 Å². The fraction of sp³-hybridized carbons (Fsp3) is 0.154. The third-order valence-corrected chi connectivity index (χ3v) is 2.31. The molecule has 19 heavy (non-hydrogen) atoms. The minimum atomic E-state index is -0.349. The van der Waals surface area contributed by atoms with E-state index in [2.05, 4.69) is 27.3 Å². The van der Waals surface area contributed by atoms with Crippen molar-refractivity contribution in [1.82, 2.24) is 10.1 Å². The van der Waals surface area contributed by atoms with Crippen molar-refractivity contribution in [1.29, 1.82) is 0 Å². The van der Waals surface area contributed by atoms with Crippen molar-refractivity contribution in [2.75, 3.05) is 11.9 Å². The van der Waals surface area contributed by atoms with Crippen molar-refractivity contribution in [3.05, 3.63) is 41.4 Å². The molecule has 2 aromatic heterocycles. The number of aromatic nitrogens is 2. The van der Waals surface area contributed by atoms with Gasteiger partial charge in [0.25, 0.3) is 5.91 Å². The molecule has 0 aliphatic heterocycles. The fourth-order valence-electron chi connectivity index (χ4n) is 1.42. The molecule has 0 saturated carbocycles. The third-order valence-electron chi connectivity index (χ3n) is 2.31. The summed E-state index contributed by atoms with van der Waals surface area (Å²) in [6.07, 6.45) is 2.87. The molecule has 96 valence electrons. The van der Waals surface area contributed by atoms with Crippen LogP contribution in [0.3, 0.4) is 0 Å². The monoisotopic (exact) mass is 257 g/mol. The number of hydrogen-bond acceptors (Lipinski definition) is 5. The number of anilines is 1. The highest BCUT2D eigenvalue weighted by Gasteiger charge is 2.13. The molecule has 2 aromatic rings. The Morgan fingerprint density at radius 3 is 3.11 bits per heavy atom. The van der Waals surface area contributed by atoms with E-state index < -0.39 is 0 Å². The van der Waals surface area contributed by atoms with E-state index in [4.69, 9.17) is 9.63 Å². The molecule has 1 amide bonds. The maximum absolute atomic E-state index is 11.9. The lowest BCUT2D eigenvalue weighted by Crippen LogP contribution is -2.13. The van der Waals surface area contributed by atoms with E-state index in [1.807, 2.05) is 0 Å². The minimum Gasteiger partial charge on any atom is -0.384 e. The SMILES string of the molecule is Cc1oncc1C(=O)Nc1cc(C#CCO)ccn1. The molecule has 0 aromatic carbocycles. The van der Waals surface area contributed by atoms with Crippen LogP contribution in [0.4, 0.5) is 5.82 Å². The maximum Gasteiger partial charge on any atom is 0.262 e. The van der Waals surface area contributed by atoms with Crippen molar-refractivity contribution in [2.45, 2.75) is 6.92 Å². The Labute approximate surface area is 109 Å². The summed E-state index contributed by atoms with van der Waals surface area (Å²) >= 11 is 0. The van der Waals surface area contributed by atoms with Crippen LogP contribution >= 0.6 is 0 Å². The normalized spacial score (nSPS) is 9.58. The molecule has 0 radical (unpaired) electrons. The van der Waals surface area contributed by atoms with Gasteiger partial charge in [0.15, 0.2) is 0 Å². The molecule has 0 atom stereocenters. The first kappa shape index (κ1) is 12.8. The molecule has 6 nitrogen and oxygen atoms in total. The van der Waals surface area contributed by atoms with Crippen LogP contribution in [0.5, 0.6) is 0 Å². The van der Waals surface area contributed by atoms with E-state index in [1.165, 1.54) is 12.4 Å². The largest absolute Gasteiger partial charge is 0.384 e. The quantitative estimate of drug-likeness (QED) is 0.783. The second-order valence-corrected chi connectivity index (χ2v) is 3.64. The van der Waals surface area contributed by atoms with E-state index in [-0.39, 0.29) is 12.5 Å². The molecule has 0 fully saturated rings. The molecule has 0 bridgehead atoms.